The Labute approximate surface area is 154 Å². The average molecular weight is 363 g/mol. The third-order valence-electron chi connectivity index (χ3n) is 3.99. The molecule has 0 spiro atoms. The minimum absolute atomic E-state index is 0. The van der Waals surface area contributed by atoms with Crippen LogP contribution >= 0.6 is 12.4 Å². The minimum Gasteiger partial charge on any atom is -0.490 e. The highest BCUT2D eigenvalue weighted by molar-refractivity contribution is 5.89. The molecular formula is C18H23ClN4O2. The summed E-state index contributed by atoms with van der Waals surface area (Å²) < 4.78 is 5.77. The highest BCUT2D eigenvalue weighted by atomic mass is 35.5. The largest absolute Gasteiger partial charge is 0.490 e. The number of urea groups is 1. The van der Waals surface area contributed by atoms with E-state index < -0.39 is 0 Å². The number of benzene rings is 1. The van der Waals surface area contributed by atoms with Gasteiger partial charge < -0.3 is 20.3 Å². The van der Waals surface area contributed by atoms with Gasteiger partial charge in [-0.2, -0.15) is 0 Å². The molecule has 7 heteroatoms. The summed E-state index contributed by atoms with van der Waals surface area (Å²) in [5.74, 6) is 0.710. The van der Waals surface area contributed by atoms with Crippen molar-refractivity contribution in [2.45, 2.75) is 13.0 Å². The van der Waals surface area contributed by atoms with Crippen LogP contribution in [0.4, 0.5) is 10.5 Å². The molecule has 0 saturated carbocycles. The molecule has 2 N–H and O–H groups in total. The van der Waals surface area contributed by atoms with Crippen LogP contribution in [0.3, 0.4) is 0 Å². The van der Waals surface area contributed by atoms with Gasteiger partial charge in [0.05, 0.1) is 12.2 Å². The number of rotatable bonds is 4. The summed E-state index contributed by atoms with van der Waals surface area (Å²) in [6, 6.07) is 11.4. The van der Waals surface area contributed by atoms with Crippen LogP contribution in [-0.2, 0) is 0 Å². The number of ether oxygens (including phenoxy) is 1. The van der Waals surface area contributed by atoms with Crippen LogP contribution in [0.1, 0.15) is 5.56 Å². The summed E-state index contributed by atoms with van der Waals surface area (Å²) in [6.07, 6.45) is 3.38. The topological polar surface area (TPSA) is 66.5 Å². The zero-order valence-corrected chi connectivity index (χ0v) is 15.0. The van der Waals surface area contributed by atoms with Gasteiger partial charge in [-0.15, -0.1) is 12.4 Å². The molecule has 1 unspecified atom stereocenters. The fourth-order valence-electron chi connectivity index (χ4n) is 2.63. The first-order valence-corrected chi connectivity index (χ1v) is 8.10. The number of nitrogens with one attached hydrogen (secondary N) is 2. The van der Waals surface area contributed by atoms with E-state index in [2.05, 4.69) is 15.6 Å². The van der Waals surface area contributed by atoms with E-state index in [4.69, 9.17) is 4.74 Å². The molecule has 6 nitrogen and oxygen atoms in total. The number of halogens is 1. The van der Waals surface area contributed by atoms with Crippen molar-refractivity contribution in [3.63, 3.8) is 0 Å². The molecule has 1 fully saturated rings. The second-order valence-electron chi connectivity index (χ2n) is 5.85. The first-order valence-electron chi connectivity index (χ1n) is 8.10. The average Bonchev–Trinajstić information content (AvgIpc) is 2.63. The zero-order valence-electron chi connectivity index (χ0n) is 14.1. The van der Waals surface area contributed by atoms with E-state index in [1.54, 1.807) is 12.4 Å². The van der Waals surface area contributed by atoms with Crippen molar-refractivity contribution < 1.29 is 9.53 Å². The maximum Gasteiger partial charge on any atom is 0.322 e. The molecule has 1 aromatic heterocycles. The van der Waals surface area contributed by atoms with E-state index in [9.17, 15) is 4.79 Å². The highest BCUT2D eigenvalue weighted by Crippen LogP contribution is 2.13. The van der Waals surface area contributed by atoms with Crippen molar-refractivity contribution in [3.8, 4) is 5.75 Å². The second kappa shape index (κ2) is 9.25. The predicted molar refractivity (Wildman–Crippen MR) is 101 cm³/mol. The zero-order chi connectivity index (χ0) is 16.8. The van der Waals surface area contributed by atoms with Gasteiger partial charge in [0.15, 0.2) is 0 Å². The summed E-state index contributed by atoms with van der Waals surface area (Å²) in [7, 11) is 0. The van der Waals surface area contributed by atoms with Gasteiger partial charge in [-0.25, -0.2) is 4.79 Å². The SMILES string of the molecule is Cc1ccc(NC(=O)N2CCNCC2COc2cccnc2)cc1.Cl. The number of aryl methyl sites for hydroxylation is 1. The molecule has 1 aliphatic heterocycles. The van der Waals surface area contributed by atoms with Crippen molar-refractivity contribution in [3.05, 3.63) is 54.4 Å². The molecular weight excluding hydrogens is 340 g/mol. The van der Waals surface area contributed by atoms with E-state index >= 15 is 0 Å². The lowest BCUT2D eigenvalue weighted by molar-refractivity contribution is 0.133. The Hall–Kier alpha value is -2.31. The van der Waals surface area contributed by atoms with E-state index in [-0.39, 0.29) is 24.5 Å². The van der Waals surface area contributed by atoms with Crippen molar-refractivity contribution in [2.24, 2.45) is 0 Å². The van der Waals surface area contributed by atoms with Gasteiger partial charge in [-0.1, -0.05) is 17.7 Å². The Bertz CT molecular complexity index is 667. The summed E-state index contributed by atoms with van der Waals surface area (Å²) >= 11 is 0. The first-order chi connectivity index (χ1) is 11.7. The van der Waals surface area contributed by atoms with Gasteiger partial charge in [0, 0.05) is 31.5 Å². The monoisotopic (exact) mass is 362 g/mol. The Morgan fingerprint density at radius 1 is 1.36 bits per heavy atom. The Balaban J connectivity index is 0.00000225. The Morgan fingerprint density at radius 3 is 2.88 bits per heavy atom. The normalized spacial score (nSPS) is 16.7. The number of carbonyl (C=O) groups is 1. The Kier molecular flexibility index (Phi) is 7.03. The van der Waals surface area contributed by atoms with E-state index in [1.807, 2.05) is 48.2 Å². The number of aromatic nitrogens is 1. The third-order valence-corrected chi connectivity index (χ3v) is 3.99. The molecule has 2 aromatic rings. The number of anilines is 1. The van der Waals surface area contributed by atoms with E-state index in [0.29, 0.717) is 25.4 Å². The second-order valence-corrected chi connectivity index (χ2v) is 5.85. The van der Waals surface area contributed by atoms with Crippen LogP contribution in [0.25, 0.3) is 0 Å². The smallest absolute Gasteiger partial charge is 0.322 e. The number of carbonyl (C=O) groups excluding carboxylic acids is 1. The predicted octanol–water partition coefficient (Wildman–Crippen LogP) is 2.70. The number of piperazine rings is 1. The van der Waals surface area contributed by atoms with E-state index in [0.717, 1.165) is 17.8 Å². The summed E-state index contributed by atoms with van der Waals surface area (Å²) in [6.45, 7) is 4.60. The van der Waals surface area contributed by atoms with Crippen LogP contribution in [0.2, 0.25) is 0 Å². The van der Waals surface area contributed by atoms with E-state index in [1.165, 1.54) is 0 Å². The lowest BCUT2D eigenvalue weighted by Crippen LogP contribution is -2.57. The van der Waals surface area contributed by atoms with Crippen molar-refractivity contribution in [2.75, 3.05) is 31.6 Å². The highest BCUT2D eigenvalue weighted by Gasteiger charge is 2.27. The first kappa shape index (κ1) is 19.0. The van der Waals surface area contributed by atoms with Crippen LogP contribution in [0.5, 0.6) is 5.75 Å². The van der Waals surface area contributed by atoms with Gasteiger partial charge in [0.25, 0.3) is 0 Å². The molecule has 25 heavy (non-hydrogen) atoms. The number of amides is 2. The molecule has 134 valence electrons. The minimum atomic E-state index is -0.0971. The molecule has 1 aromatic carbocycles. The molecule has 1 aliphatic rings. The number of pyridine rings is 1. The lowest BCUT2D eigenvalue weighted by atomic mass is 10.2. The maximum atomic E-state index is 12.6. The molecule has 0 aliphatic carbocycles. The van der Waals surface area contributed by atoms with Gasteiger partial charge in [0.2, 0.25) is 0 Å². The van der Waals surface area contributed by atoms with Crippen LogP contribution in [0.15, 0.2) is 48.8 Å². The van der Waals surface area contributed by atoms with Gasteiger partial charge in [-0.05, 0) is 31.2 Å². The molecule has 2 heterocycles. The number of nitrogens with zero attached hydrogens (tertiary/aromatic N) is 2. The summed E-state index contributed by atoms with van der Waals surface area (Å²) in [5.41, 5.74) is 1.97. The Morgan fingerprint density at radius 2 is 2.16 bits per heavy atom. The lowest BCUT2D eigenvalue weighted by Gasteiger charge is -2.35. The summed E-state index contributed by atoms with van der Waals surface area (Å²) in [5, 5.41) is 6.27. The van der Waals surface area contributed by atoms with Crippen molar-refractivity contribution >= 4 is 24.1 Å². The van der Waals surface area contributed by atoms with Gasteiger partial charge in [0.1, 0.15) is 12.4 Å². The van der Waals surface area contributed by atoms with Crippen LogP contribution in [0, 0.1) is 6.92 Å². The quantitative estimate of drug-likeness (QED) is 0.877. The summed E-state index contributed by atoms with van der Waals surface area (Å²) in [4.78, 5) is 18.5. The molecule has 0 bridgehead atoms. The van der Waals surface area contributed by atoms with Crippen molar-refractivity contribution in [1.82, 2.24) is 15.2 Å². The molecule has 1 saturated heterocycles. The van der Waals surface area contributed by atoms with Crippen LogP contribution in [-0.4, -0.2) is 48.2 Å². The number of hydrogen-bond donors (Lipinski definition) is 2. The van der Waals surface area contributed by atoms with Gasteiger partial charge in [-0.3, -0.25) is 4.98 Å². The fourth-order valence-corrected chi connectivity index (χ4v) is 2.63. The maximum absolute atomic E-state index is 12.6. The van der Waals surface area contributed by atoms with Crippen molar-refractivity contribution in [1.29, 1.82) is 0 Å². The fraction of sp³-hybridized carbons (Fsp3) is 0.333. The van der Waals surface area contributed by atoms with Crippen LogP contribution < -0.4 is 15.4 Å². The molecule has 1 atom stereocenters. The number of hydrogen-bond acceptors (Lipinski definition) is 4. The third kappa shape index (κ3) is 5.34. The molecule has 3 rings (SSSR count). The van der Waals surface area contributed by atoms with Gasteiger partial charge >= 0.3 is 6.03 Å². The molecule has 0 radical (unpaired) electrons. The standard InChI is InChI=1S/C18H22N4O2.ClH/c1-14-4-6-15(7-5-14)21-18(23)22-10-9-20-11-16(22)13-24-17-3-2-8-19-12-17;/h2-8,12,16,20H,9-11,13H2,1H3,(H,21,23);1H. The molecule has 2 amide bonds.